The molecule has 0 N–H and O–H groups in total. The lowest BCUT2D eigenvalue weighted by molar-refractivity contribution is 0.559. The van der Waals surface area contributed by atoms with E-state index < -0.39 is 16.3 Å². The highest BCUT2D eigenvalue weighted by Gasteiger charge is 2.30. The number of hydrogen-bond acceptors (Lipinski definition) is 6. The molecule has 62 heavy (non-hydrogen) atoms. The van der Waals surface area contributed by atoms with Gasteiger partial charge >= 0.3 is 16.3 Å². The SMILES string of the molecule is Cc1cc(C(C)(C)C)c2op(N(C)CCCCN(C)p3oc4c(C(C)(C)C)cc(C)c(C)c4c4c(C)c(C)cc(C(C)(C)C)c4o3)oc3c(C(C)(C)C)cc(C)c(C)c3c2c1C. The van der Waals surface area contributed by atoms with Gasteiger partial charge in [0, 0.05) is 71.0 Å². The maximum absolute atomic E-state index is 7.25. The Morgan fingerprint density at radius 1 is 0.371 bits per heavy atom. The van der Waals surface area contributed by atoms with Crippen molar-refractivity contribution in [1.82, 2.24) is 0 Å². The zero-order valence-electron chi connectivity index (χ0n) is 42.6. The molecule has 338 valence electrons. The van der Waals surface area contributed by atoms with Crippen molar-refractivity contribution in [3.8, 4) is 0 Å². The van der Waals surface area contributed by atoms with Crippen LogP contribution in [0.4, 0.5) is 0 Å². The first kappa shape index (κ1) is 48.1. The number of nitrogens with zero attached hydrogens (tertiary/aromatic N) is 2. The van der Waals surface area contributed by atoms with Crippen molar-refractivity contribution >= 4 is 60.2 Å². The van der Waals surface area contributed by atoms with Crippen LogP contribution in [0.2, 0.25) is 0 Å². The van der Waals surface area contributed by atoms with Gasteiger partial charge in [0.05, 0.1) is 0 Å². The molecule has 2 aromatic heterocycles. The van der Waals surface area contributed by atoms with Gasteiger partial charge in [0.1, 0.15) is 22.3 Å². The lowest BCUT2D eigenvalue weighted by Gasteiger charge is -2.23. The first-order valence-corrected chi connectivity index (χ1v) is 25.0. The average Bonchev–Trinajstić information content (AvgIpc) is 3.44. The molecule has 6 rings (SSSR count). The third kappa shape index (κ3) is 8.98. The summed E-state index contributed by atoms with van der Waals surface area (Å²) in [6.07, 6.45) is 1.91. The summed E-state index contributed by atoms with van der Waals surface area (Å²) in [5.41, 5.74) is 18.4. The van der Waals surface area contributed by atoms with Crippen molar-refractivity contribution in [2.24, 2.45) is 0 Å². The summed E-state index contributed by atoms with van der Waals surface area (Å²) in [5, 5.41) is 4.74. The first-order valence-electron chi connectivity index (χ1n) is 22.8. The van der Waals surface area contributed by atoms with Crippen LogP contribution in [0.15, 0.2) is 41.1 Å². The van der Waals surface area contributed by atoms with E-state index in [-0.39, 0.29) is 21.7 Å². The van der Waals surface area contributed by atoms with Crippen molar-refractivity contribution in [3.63, 3.8) is 0 Å². The van der Waals surface area contributed by atoms with E-state index in [1.54, 1.807) is 0 Å². The normalized spacial score (nSPS) is 13.2. The molecular weight excluding hydrogens is 803 g/mol. The summed E-state index contributed by atoms with van der Waals surface area (Å²) in [4.78, 5) is 0. The molecule has 0 amide bonds. The smallest absolute Gasteiger partial charge is 0.309 e. The molecule has 0 aliphatic rings. The van der Waals surface area contributed by atoms with Gasteiger partial charge in [-0.25, -0.2) is 9.34 Å². The minimum Gasteiger partial charge on any atom is -0.407 e. The summed E-state index contributed by atoms with van der Waals surface area (Å²) in [6, 6.07) is 9.37. The van der Waals surface area contributed by atoms with E-state index in [0.29, 0.717) is 0 Å². The summed E-state index contributed by atoms with van der Waals surface area (Å²) < 4.78 is 33.6. The fourth-order valence-electron chi connectivity index (χ4n) is 8.85. The van der Waals surface area contributed by atoms with Gasteiger partial charge in [0.15, 0.2) is 0 Å². The van der Waals surface area contributed by atoms with Crippen LogP contribution in [0.25, 0.3) is 43.9 Å². The van der Waals surface area contributed by atoms with E-state index in [1.807, 2.05) is 0 Å². The Kier molecular flexibility index (Phi) is 13.1. The zero-order chi connectivity index (χ0) is 46.3. The quantitative estimate of drug-likeness (QED) is 0.149. The van der Waals surface area contributed by atoms with Crippen molar-refractivity contribution in [2.75, 3.05) is 36.5 Å². The third-order valence-corrected chi connectivity index (χ3v) is 16.2. The van der Waals surface area contributed by atoms with Crippen molar-refractivity contribution in [3.05, 3.63) is 91.0 Å². The van der Waals surface area contributed by atoms with Crippen LogP contribution < -0.4 is 9.34 Å². The zero-order valence-corrected chi connectivity index (χ0v) is 44.3. The second-order valence-electron chi connectivity index (χ2n) is 22.6. The highest BCUT2D eigenvalue weighted by atomic mass is 31.1. The van der Waals surface area contributed by atoms with E-state index in [2.05, 4.69) is 186 Å². The van der Waals surface area contributed by atoms with E-state index in [0.717, 1.165) is 48.3 Å². The van der Waals surface area contributed by atoms with Gasteiger partial charge in [0.2, 0.25) is 0 Å². The summed E-state index contributed by atoms with van der Waals surface area (Å²) in [6.45, 7) is 47.1. The number of benzene rings is 4. The molecule has 2 heterocycles. The Morgan fingerprint density at radius 3 is 0.742 bits per heavy atom. The largest absolute Gasteiger partial charge is 0.407 e. The summed E-state index contributed by atoms with van der Waals surface area (Å²) in [7, 11) is 1.38. The number of rotatable bonds is 7. The van der Waals surface area contributed by atoms with Crippen LogP contribution in [0.3, 0.4) is 0 Å². The summed E-state index contributed by atoms with van der Waals surface area (Å²) in [5.74, 6) is 0. The fourth-order valence-corrected chi connectivity index (χ4v) is 11.5. The molecule has 0 saturated carbocycles. The minimum absolute atomic E-state index is 0.122. The molecule has 6 nitrogen and oxygen atoms in total. The Hall–Kier alpha value is -3.40. The lowest BCUT2D eigenvalue weighted by Crippen LogP contribution is -2.19. The molecule has 0 unspecified atom stereocenters. The van der Waals surface area contributed by atoms with Crippen LogP contribution in [-0.4, -0.2) is 27.2 Å². The van der Waals surface area contributed by atoms with Crippen LogP contribution in [-0.2, 0) is 21.7 Å². The number of aryl methyl sites for hydroxylation is 8. The maximum atomic E-state index is 7.25. The lowest BCUT2D eigenvalue weighted by atomic mass is 9.81. The van der Waals surface area contributed by atoms with Gasteiger partial charge in [-0.05, 0) is 134 Å². The van der Waals surface area contributed by atoms with Crippen molar-refractivity contribution in [2.45, 2.75) is 173 Å². The number of fused-ring (bicyclic) bond motifs is 6. The monoisotopic (exact) mass is 881 g/mol. The second-order valence-corrected chi connectivity index (χ2v) is 25.6. The molecule has 0 fully saturated rings. The number of unbranched alkanes of at least 4 members (excludes halogenated alkanes) is 1. The summed E-state index contributed by atoms with van der Waals surface area (Å²) >= 11 is 0. The molecule has 0 spiro atoms. The molecule has 8 heteroatoms. The maximum Gasteiger partial charge on any atom is 0.309 e. The van der Waals surface area contributed by atoms with Gasteiger partial charge in [0.25, 0.3) is 0 Å². The third-order valence-electron chi connectivity index (χ3n) is 13.4. The molecule has 0 atom stereocenters. The van der Waals surface area contributed by atoms with E-state index in [1.165, 1.54) is 88.3 Å². The van der Waals surface area contributed by atoms with Crippen LogP contribution in [0.5, 0.6) is 0 Å². The van der Waals surface area contributed by atoms with Gasteiger partial charge in [-0.15, -0.1) is 0 Å². The molecule has 6 aromatic rings. The molecule has 0 saturated heterocycles. The molecule has 4 aromatic carbocycles. The highest BCUT2D eigenvalue weighted by Crippen LogP contribution is 2.48. The molecular formula is C54H78N2O4P2. The Balaban J connectivity index is 1.45. The molecule has 0 radical (unpaired) electrons. The second kappa shape index (κ2) is 16.9. The van der Waals surface area contributed by atoms with Crippen molar-refractivity contribution < 1.29 is 16.8 Å². The van der Waals surface area contributed by atoms with E-state index >= 15 is 0 Å². The average molecular weight is 881 g/mol. The number of hydrogen-bond donors (Lipinski definition) is 0. The predicted molar refractivity (Wildman–Crippen MR) is 273 cm³/mol. The van der Waals surface area contributed by atoms with Crippen LogP contribution >= 0.6 is 16.3 Å². The molecule has 0 bridgehead atoms. The van der Waals surface area contributed by atoms with Gasteiger partial charge < -0.3 is 16.8 Å². The topological polar surface area (TPSA) is 59.0 Å². The Morgan fingerprint density at radius 2 is 0.565 bits per heavy atom. The fraction of sp³-hybridized carbons (Fsp3) is 0.556. The first-order chi connectivity index (χ1) is 28.4. The molecule has 0 aliphatic carbocycles. The van der Waals surface area contributed by atoms with Gasteiger partial charge in [-0.1, -0.05) is 107 Å². The standard InChI is InChI=1S/C54H78N2O4P2/c1-31-27-39(51(9,10)11)47-43(35(31)5)44-36(6)32(2)28-40(52(12,13)14)48(44)58-61(57-47)55(21)25-23-24-26-56(22)62-59-49-41(53(15,16)17)29-33(3)37(7)45(49)46-38(8)34(4)30-42(50(46)60-62)54(18,19)20/h27-30H,23-26H2,1-22H3. The van der Waals surface area contributed by atoms with E-state index in [4.69, 9.17) is 16.8 Å². The predicted octanol–water partition coefficient (Wildman–Crippen LogP) is 17.2. The van der Waals surface area contributed by atoms with Gasteiger partial charge in [-0.2, -0.15) is 0 Å². The van der Waals surface area contributed by atoms with Crippen LogP contribution in [0.1, 0.15) is 163 Å². The van der Waals surface area contributed by atoms with Gasteiger partial charge in [-0.3, -0.25) is 0 Å². The Bertz CT molecular complexity index is 2430. The van der Waals surface area contributed by atoms with Crippen LogP contribution in [0, 0.1) is 55.4 Å². The van der Waals surface area contributed by atoms with E-state index in [9.17, 15) is 0 Å². The molecule has 0 aliphatic heterocycles. The minimum atomic E-state index is -1.48. The van der Waals surface area contributed by atoms with Crippen molar-refractivity contribution in [1.29, 1.82) is 0 Å². The highest BCUT2D eigenvalue weighted by molar-refractivity contribution is 7.39. The Labute approximate surface area is 376 Å².